The molecule has 2 radical (unpaired) electrons. The van der Waals surface area contributed by atoms with Gasteiger partial charge in [-0.15, -0.1) is 0 Å². The molecule has 0 fully saturated rings. The molecule has 0 aliphatic heterocycles. The topological polar surface area (TPSA) is 48.6 Å². The zero-order valence-electron chi connectivity index (χ0n) is 5.22. The largest absolute Gasteiger partial charge is 0.348 e. The first kappa shape index (κ1) is 6.29. The molecule has 0 aliphatic carbocycles. The lowest BCUT2D eigenvalue weighted by Gasteiger charge is -1.98. The summed E-state index contributed by atoms with van der Waals surface area (Å²) in [4.78, 5) is 6.73. The molecule has 0 saturated carbocycles. The van der Waals surface area contributed by atoms with Gasteiger partial charge in [-0.25, -0.2) is 10.1 Å². The lowest BCUT2D eigenvalue weighted by Crippen LogP contribution is -2.00. The Balaban J connectivity index is 2.65. The van der Waals surface area contributed by atoms with Crippen molar-refractivity contribution in [3.05, 3.63) is 24.1 Å². The van der Waals surface area contributed by atoms with Gasteiger partial charge in [0.05, 0.1) is 12.5 Å². The normalized spacial score (nSPS) is 10.6. The van der Waals surface area contributed by atoms with E-state index in [9.17, 15) is 5.11 Å². The zero-order chi connectivity index (χ0) is 6.69. The van der Waals surface area contributed by atoms with Crippen LogP contribution in [0.1, 0.15) is 12.7 Å². The maximum Gasteiger partial charge on any atom is 0.115 e. The van der Waals surface area contributed by atoms with Gasteiger partial charge < -0.3 is 4.98 Å². The predicted molar refractivity (Wildman–Crippen MR) is 32.2 cm³/mol. The summed E-state index contributed by atoms with van der Waals surface area (Å²) in [6.07, 6.45) is 3.34. The Kier molecular flexibility index (Phi) is 1.85. The molecule has 0 amide bonds. The van der Waals surface area contributed by atoms with Crippen LogP contribution >= 0.6 is 0 Å². The molecule has 1 N–H and O–H groups in total. The van der Waals surface area contributed by atoms with Gasteiger partial charge in [-0.1, -0.05) is 0 Å². The Labute approximate surface area is 53.7 Å². The van der Waals surface area contributed by atoms with Gasteiger partial charge in [0.2, 0.25) is 0 Å². The number of hydrogen-bond donors (Lipinski definition) is 1. The summed E-state index contributed by atoms with van der Waals surface area (Å²) >= 11 is 0. The first-order valence-corrected chi connectivity index (χ1v) is 2.75. The van der Waals surface area contributed by atoms with Crippen molar-refractivity contribution in [2.45, 2.75) is 6.92 Å². The molecule has 0 spiro atoms. The molecule has 0 aliphatic rings. The van der Waals surface area contributed by atoms with Crippen molar-refractivity contribution in [3.8, 4) is 0 Å². The third-order valence-electron chi connectivity index (χ3n) is 1.12. The van der Waals surface area contributed by atoms with Gasteiger partial charge in [0.1, 0.15) is 5.82 Å². The second-order valence-electron chi connectivity index (χ2n) is 1.86. The van der Waals surface area contributed by atoms with Crippen LogP contribution in [0.4, 0.5) is 0 Å². The number of nitrogens with zero attached hydrogens (tertiary/aromatic N) is 1. The van der Waals surface area contributed by atoms with Gasteiger partial charge in [0.25, 0.3) is 0 Å². The van der Waals surface area contributed by atoms with Gasteiger partial charge in [0, 0.05) is 12.4 Å². The molecule has 0 bridgehead atoms. The molecule has 0 atom stereocenters. The van der Waals surface area contributed by atoms with Crippen molar-refractivity contribution in [3.63, 3.8) is 0 Å². The highest BCUT2D eigenvalue weighted by Crippen LogP contribution is 2.05. The van der Waals surface area contributed by atoms with Crippen molar-refractivity contribution < 1.29 is 5.11 Å². The molecule has 0 unspecified atom stereocenters. The molecule has 0 aromatic carbocycles. The summed E-state index contributed by atoms with van der Waals surface area (Å²) in [5.41, 5.74) is 0. The average Bonchev–Trinajstić information content (AvgIpc) is 2.37. The van der Waals surface area contributed by atoms with E-state index < -0.39 is 0 Å². The summed E-state index contributed by atoms with van der Waals surface area (Å²) in [5, 5.41) is 10.2. The third-order valence-corrected chi connectivity index (χ3v) is 1.12. The molecule has 48 valence electrons. The van der Waals surface area contributed by atoms with Gasteiger partial charge in [-0.05, 0) is 6.92 Å². The van der Waals surface area contributed by atoms with Crippen LogP contribution in [0.15, 0.2) is 12.4 Å². The lowest BCUT2D eigenvalue weighted by molar-refractivity contribution is 0.209. The van der Waals surface area contributed by atoms with Crippen LogP contribution in [0.25, 0.3) is 0 Å². The van der Waals surface area contributed by atoms with Crippen molar-refractivity contribution in [2.24, 2.45) is 0 Å². The van der Waals surface area contributed by atoms with E-state index in [-0.39, 0.29) is 6.61 Å². The van der Waals surface area contributed by atoms with Gasteiger partial charge in [-0.2, -0.15) is 0 Å². The quantitative estimate of drug-likeness (QED) is 0.622. The fourth-order valence-electron chi connectivity index (χ4n) is 0.567. The molecule has 0 saturated heterocycles. The van der Waals surface area contributed by atoms with Gasteiger partial charge in [-0.3, -0.25) is 0 Å². The Bertz CT molecular complexity index is 160. The highest BCUT2D eigenvalue weighted by Gasteiger charge is 2.05. The van der Waals surface area contributed by atoms with Crippen LogP contribution in [0.2, 0.25) is 0 Å². The Morgan fingerprint density at radius 1 is 1.89 bits per heavy atom. The summed E-state index contributed by atoms with van der Waals surface area (Å²) in [7, 11) is 0. The SMILES string of the molecule is C[C](C[O])c1ncc[nH]1. The summed E-state index contributed by atoms with van der Waals surface area (Å²) in [6.45, 7) is 1.58. The maximum absolute atomic E-state index is 10.2. The standard InChI is InChI=1S/C6H8N2O/c1-5(4-9)6-7-2-3-8-6/h2-3H,4H2,1H3,(H,7,8). The number of hydrogen-bond acceptors (Lipinski definition) is 1. The molecule has 1 heterocycles. The van der Waals surface area contributed by atoms with Crippen LogP contribution in [0, 0.1) is 5.92 Å². The first-order chi connectivity index (χ1) is 4.34. The minimum absolute atomic E-state index is 0.187. The van der Waals surface area contributed by atoms with Crippen LogP contribution in [0.3, 0.4) is 0 Å². The highest BCUT2D eigenvalue weighted by atomic mass is 16.3. The Hall–Kier alpha value is -0.830. The lowest BCUT2D eigenvalue weighted by atomic mass is 10.2. The molecule has 1 aromatic heterocycles. The van der Waals surface area contributed by atoms with E-state index in [1.807, 2.05) is 0 Å². The van der Waals surface area contributed by atoms with Crippen LogP contribution in [-0.2, 0) is 5.11 Å². The molecule has 1 rings (SSSR count). The summed E-state index contributed by atoms with van der Waals surface area (Å²) in [6, 6.07) is 0. The van der Waals surface area contributed by atoms with E-state index in [1.165, 1.54) is 0 Å². The van der Waals surface area contributed by atoms with Crippen LogP contribution in [0.5, 0.6) is 0 Å². The number of nitrogens with one attached hydrogen (secondary N) is 1. The fourth-order valence-corrected chi connectivity index (χ4v) is 0.567. The van der Waals surface area contributed by atoms with E-state index >= 15 is 0 Å². The van der Waals surface area contributed by atoms with Crippen molar-refractivity contribution in [1.82, 2.24) is 9.97 Å². The second-order valence-corrected chi connectivity index (χ2v) is 1.86. The second kappa shape index (κ2) is 2.64. The van der Waals surface area contributed by atoms with E-state index in [2.05, 4.69) is 9.97 Å². The molecular formula is C6H8N2O. The maximum atomic E-state index is 10.2. The van der Waals surface area contributed by atoms with Crippen LogP contribution in [-0.4, -0.2) is 16.6 Å². The molecular weight excluding hydrogens is 116 g/mol. The minimum Gasteiger partial charge on any atom is -0.348 e. The average molecular weight is 124 g/mol. The Morgan fingerprint density at radius 3 is 3.11 bits per heavy atom. The van der Waals surface area contributed by atoms with E-state index in [1.54, 1.807) is 19.3 Å². The van der Waals surface area contributed by atoms with Crippen molar-refractivity contribution in [2.75, 3.05) is 6.61 Å². The minimum atomic E-state index is -0.187. The van der Waals surface area contributed by atoms with Crippen LogP contribution < -0.4 is 0 Å². The molecule has 1 aromatic rings. The smallest absolute Gasteiger partial charge is 0.115 e. The zero-order valence-corrected chi connectivity index (χ0v) is 5.22. The van der Waals surface area contributed by atoms with E-state index in [0.717, 1.165) is 5.92 Å². The number of rotatable bonds is 2. The van der Waals surface area contributed by atoms with E-state index in [0.29, 0.717) is 5.82 Å². The number of aromatic nitrogens is 2. The monoisotopic (exact) mass is 124 g/mol. The van der Waals surface area contributed by atoms with E-state index in [4.69, 9.17) is 0 Å². The molecule has 3 heteroatoms. The van der Waals surface area contributed by atoms with Crippen molar-refractivity contribution >= 4 is 0 Å². The molecule has 3 nitrogen and oxygen atoms in total. The predicted octanol–water partition coefficient (Wildman–Crippen LogP) is 0.783. The van der Waals surface area contributed by atoms with Crippen molar-refractivity contribution in [1.29, 1.82) is 0 Å². The number of aromatic amines is 1. The first-order valence-electron chi connectivity index (χ1n) is 2.75. The fraction of sp³-hybridized carbons (Fsp3) is 0.333. The molecule has 9 heavy (non-hydrogen) atoms. The number of imidazole rings is 1. The van der Waals surface area contributed by atoms with Gasteiger partial charge >= 0.3 is 0 Å². The summed E-state index contributed by atoms with van der Waals surface area (Å²) < 4.78 is 0. The summed E-state index contributed by atoms with van der Waals surface area (Å²) in [5.74, 6) is 1.45. The third kappa shape index (κ3) is 1.29. The highest BCUT2D eigenvalue weighted by molar-refractivity contribution is 5.11. The Morgan fingerprint density at radius 2 is 2.67 bits per heavy atom. The van der Waals surface area contributed by atoms with Gasteiger partial charge in [0.15, 0.2) is 0 Å². The number of H-pyrrole nitrogens is 1.